The lowest BCUT2D eigenvalue weighted by atomic mass is 9.90. The maximum Gasteiger partial charge on any atom is 0.311 e. The molecule has 4 nitrogen and oxygen atoms in total. The van der Waals surface area contributed by atoms with Gasteiger partial charge in [-0.3, -0.25) is 9.59 Å². The van der Waals surface area contributed by atoms with Crippen LogP contribution in [0.5, 0.6) is 5.75 Å². The highest BCUT2D eigenvalue weighted by atomic mass is 79.9. The van der Waals surface area contributed by atoms with Crippen molar-refractivity contribution in [3.8, 4) is 5.75 Å². The Morgan fingerprint density at radius 3 is 2.32 bits per heavy atom. The molecule has 0 aliphatic heterocycles. The summed E-state index contributed by atoms with van der Waals surface area (Å²) in [4.78, 5) is 23.3. The summed E-state index contributed by atoms with van der Waals surface area (Å²) in [5.74, 6) is 0.228. The number of carbonyl (C=O) groups excluding carboxylic acids is 2. The normalized spacial score (nSPS) is 15.3. The third-order valence-corrected chi connectivity index (χ3v) is 4.31. The maximum atomic E-state index is 11.7. The average Bonchev–Trinajstić information content (AvgIpc) is 2.54. The molecule has 0 unspecified atom stereocenters. The predicted molar refractivity (Wildman–Crippen MR) is 86.5 cm³/mol. The van der Waals surface area contributed by atoms with Crippen LogP contribution in [0.3, 0.4) is 0 Å². The largest absolute Gasteiger partial charge is 0.465 e. The molecule has 0 bridgehead atoms. The van der Waals surface area contributed by atoms with Crippen molar-refractivity contribution in [2.45, 2.75) is 44.9 Å². The fourth-order valence-electron chi connectivity index (χ4n) is 2.53. The molecule has 0 amide bonds. The van der Waals surface area contributed by atoms with Gasteiger partial charge in [-0.2, -0.15) is 0 Å². The van der Waals surface area contributed by atoms with E-state index in [9.17, 15) is 9.59 Å². The van der Waals surface area contributed by atoms with Gasteiger partial charge in [0.2, 0.25) is 0 Å². The zero-order chi connectivity index (χ0) is 15.8. The Kier molecular flexibility index (Phi) is 6.90. The number of carbonyl (C=O) groups is 2. The van der Waals surface area contributed by atoms with Gasteiger partial charge in [-0.05, 0) is 43.0 Å². The van der Waals surface area contributed by atoms with Gasteiger partial charge in [0.1, 0.15) is 5.75 Å². The summed E-state index contributed by atoms with van der Waals surface area (Å²) >= 11 is 3.31. The van der Waals surface area contributed by atoms with E-state index < -0.39 is 5.97 Å². The van der Waals surface area contributed by atoms with Crippen molar-refractivity contribution in [3.63, 3.8) is 0 Å². The molecule has 5 heteroatoms. The second-order valence-corrected chi connectivity index (χ2v) is 6.53. The fourth-order valence-corrected chi connectivity index (χ4v) is 2.79. The Bertz CT molecular complexity index is 492. The van der Waals surface area contributed by atoms with E-state index in [0.717, 1.165) is 17.3 Å². The van der Waals surface area contributed by atoms with Gasteiger partial charge in [0.15, 0.2) is 0 Å². The molecule has 0 spiro atoms. The van der Waals surface area contributed by atoms with Crippen LogP contribution >= 0.6 is 15.9 Å². The molecule has 0 radical (unpaired) electrons. The van der Waals surface area contributed by atoms with Crippen molar-refractivity contribution in [2.24, 2.45) is 5.92 Å². The first-order chi connectivity index (χ1) is 10.6. The minimum absolute atomic E-state index is 0.0412. The van der Waals surface area contributed by atoms with Crippen molar-refractivity contribution in [1.82, 2.24) is 0 Å². The van der Waals surface area contributed by atoms with Gasteiger partial charge in [-0.25, -0.2) is 0 Å². The van der Waals surface area contributed by atoms with Gasteiger partial charge < -0.3 is 9.47 Å². The van der Waals surface area contributed by atoms with E-state index in [1.807, 2.05) is 0 Å². The molecule has 0 aromatic heterocycles. The predicted octanol–water partition coefficient (Wildman–Crippen LogP) is 4.26. The summed E-state index contributed by atoms with van der Waals surface area (Å²) in [6.07, 6.45) is 6.12. The molecule has 0 heterocycles. The summed E-state index contributed by atoms with van der Waals surface area (Å²) in [5, 5.41) is 0. The number of rotatable bonds is 6. The van der Waals surface area contributed by atoms with Gasteiger partial charge in [0.25, 0.3) is 0 Å². The van der Waals surface area contributed by atoms with Gasteiger partial charge in [0.05, 0.1) is 19.4 Å². The number of ether oxygens (including phenoxy) is 2. The Balaban J connectivity index is 1.62. The highest BCUT2D eigenvalue weighted by molar-refractivity contribution is 9.10. The second kappa shape index (κ2) is 8.93. The highest BCUT2D eigenvalue weighted by Crippen LogP contribution is 2.23. The van der Waals surface area contributed by atoms with Crippen molar-refractivity contribution in [2.75, 3.05) is 6.61 Å². The number of esters is 2. The van der Waals surface area contributed by atoms with Crippen LogP contribution in [0.2, 0.25) is 0 Å². The van der Waals surface area contributed by atoms with Crippen LogP contribution in [0.4, 0.5) is 0 Å². The second-order valence-electron chi connectivity index (χ2n) is 5.62. The number of halogens is 1. The topological polar surface area (TPSA) is 52.6 Å². The Hall–Kier alpha value is -1.36. The summed E-state index contributed by atoms with van der Waals surface area (Å²) in [6, 6.07) is 6.98. The zero-order valence-electron chi connectivity index (χ0n) is 12.6. The molecule has 2 rings (SSSR count). The quantitative estimate of drug-likeness (QED) is 0.556. The first-order valence-electron chi connectivity index (χ1n) is 7.75. The van der Waals surface area contributed by atoms with Crippen LogP contribution in [-0.2, 0) is 14.3 Å². The Morgan fingerprint density at radius 1 is 1.00 bits per heavy atom. The Labute approximate surface area is 139 Å². The van der Waals surface area contributed by atoms with Crippen molar-refractivity contribution < 1.29 is 19.1 Å². The van der Waals surface area contributed by atoms with E-state index in [0.29, 0.717) is 18.3 Å². The molecule has 1 aromatic rings. The molecule has 1 aliphatic rings. The van der Waals surface area contributed by atoms with Gasteiger partial charge in [0, 0.05) is 4.47 Å². The van der Waals surface area contributed by atoms with Gasteiger partial charge >= 0.3 is 11.9 Å². The lowest BCUT2D eigenvalue weighted by Gasteiger charge is -2.20. The SMILES string of the molecule is O=C(CCC(=O)Oc1ccc(Br)cc1)OCC1CCCCC1. The van der Waals surface area contributed by atoms with Crippen LogP contribution in [0, 0.1) is 5.92 Å². The minimum atomic E-state index is -0.420. The first-order valence-corrected chi connectivity index (χ1v) is 8.54. The molecule has 22 heavy (non-hydrogen) atoms. The third-order valence-electron chi connectivity index (χ3n) is 3.78. The molecule has 1 fully saturated rings. The zero-order valence-corrected chi connectivity index (χ0v) is 14.1. The monoisotopic (exact) mass is 368 g/mol. The Morgan fingerprint density at radius 2 is 1.64 bits per heavy atom. The molecule has 120 valence electrons. The van der Waals surface area contributed by atoms with E-state index in [-0.39, 0.29) is 18.8 Å². The van der Waals surface area contributed by atoms with E-state index in [4.69, 9.17) is 9.47 Å². The molecule has 0 atom stereocenters. The third kappa shape index (κ3) is 6.18. The van der Waals surface area contributed by atoms with Gasteiger partial charge in [-0.15, -0.1) is 0 Å². The first kappa shape index (κ1) is 17.0. The number of hydrogen-bond acceptors (Lipinski definition) is 4. The van der Waals surface area contributed by atoms with Crippen LogP contribution in [-0.4, -0.2) is 18.5 Å². The summed E-state index contributed by atoms with van der Waals surface area (Å²) < 4.78 is 11.3. The van der Waals surface area contributed by atoms with E-state index in [1.54, 1.807) is 24.3 Å². The van der Waals surface area contributed by atoms with Crippen LogP contribution in [0.15, 0.2) is 28.7 Å². The smallest absolute Gasteiger partial charge is 0.311 e. The molecular weight excluding hydrogens is 348 g/mol. The standard InChI is InChI=1S/C17H21BrO4/c18-14-6-8-15(9-7-14)22-17(20)11-10-16(19)21-12-13-4-2-1-3-5-13/h6-9,13H,1-5,10-12H2. The average molecular weight is 369 g/mol. The van der Waals surface area contributed by atoms with Gasteiger partial charge in [-0.1, -0.05) is 35.2 Å². The minimum Gasteiger partial charge on any atom is -0.465 e. The fraction of sp³-hybridized carbons (Fsp3) is 0.529. The van der Waals surface area contributed by atoms with E-state index in [1.165, 1.54) is 19.3 Å². The molecule has 1 aromatic carbocycles. The summed E-state index contributed by atoms with van der Waals surface area (Å²) in [5.41, 5.74) is 0. The highest BCUT2D eigenvalue weighted by Gasteiger charge is 2.16. The molecule has 1 saturated carbocycles. The summed E-state index contributed by atoms with van der Waals surface area (Å²) in [6.45, 7) is 0.487. The lowest BCUT2D eigenvalue weighted by Crippen LogP contribution is -2.18. The van der Waals surface area contributed by atoms with Crippen LogP contribution in [0.25, 0.3) is 0 Å². The van der Waals surface area contributed by atoms with Crippen LogP contribution < -0.4 is 4.74 Å². The lowest BCUT2D eigenvalue weighted by molar-refractivity contribution is -0.148. The molecule has 1 aliphatic carbocycles. The maximum absolute atomic E-state index is 11.7. The number of benzene rings is 1. The molecular formula is C17H21BrO4. The van der Waals surface area contributed by atoms with E-state index >= 15 is 0 Å². The van der Waals surface area contributed by atoms with Crippen molar-refractivity contribution in [3.05, 3.63) is 28.7 Å². The van der Waals surface area contributed by atoms with Crippen molar-refractivity contribution in [1.29, 1.82) is 0 Å². The molecule has 0 N–H and O–H groups in total. The van der Waals surface area contributed by atoms with Crippen molar-refractivity contribution >= 4 is 27.9 Å². The summed E-state index contributed by atoms with van der Waals surface area (Å²) in [7, 11) is 0. The van der Waals surface area contributed by atoms with E-state index in [2.05, 4.69) is 15.9 Å². The molecule has 0 saturated heterocycles. The van der Waals surface area contributed by atoms with Crippen LogP contribution in [0.1, 0.15) is 44.9 Å². The number of hydrogen-bond donors (Lipinski definition) is 0.